The SMILES string of the molecule is CCP(=O)(O)CC.CCP(=O)(O)CC.CCP(=O)(O)CC. The van der Waals surface area contributed by atoms with Gasteiger partial charge in [0.05, 0.1) is 0 Å². The molecule has 0 aliphatic rings. The van der Waals surface area contributed by atoms with Crippen LogP contribution in [-0.4, -0.2) is 51.7 Å². The highest BCUT2D eigenvalue weighted by Gasteiger charge is 2.09. The van der Waals surface area contributed by atoms with Gasteiger partial charge < -0.3 is 14.7 Å². The molecule has 0 bridgehead atoms. The van der Waals surface area contributed by atoms with Crippen molar-refractivity contribution in [1.29, 1.82) is 0 Å². The van der Waals surface area contributed by atoms with E-state index in [-0.39, 0.29) is 0 Å². The lowest BCUT2D eigenvalue weighted by atomic mass is 11.0. The molecule has 132 valence electrons. The van der Waals surface area contributed by atoms with Crippen LogP contribution in [0.3, 0.4) is 0 Å². The van der Waals surface area contributed by atoms with Gasteiger partial charge in [0, 0.05) is 37.0 Å². The third kappa shape index (κ3) is 20.6. The molecule has 0 aromatic carbocycles. The first-order valence-electron chi connectivity index (χ1n) is 7.29. The van der Waals surface area contributed by atoms with Crippen molar-refractivity contribution < 1.29 is 28.4 Å². The van der Waals surface area contributed by atoms with E-state index in [1.165, 1.54) is 0 Å². The van der Waals surface area contributed by atoms with E-state index < -0.39 is 22.1 Å². The molecule has 9 heteroatoms. The van der Waals surface area contributed by atoms with Crippen LogP contribution in [0.2, 0.25) is 0 Å². The Bertz CT molecular complexity index is 302. The molecule has 0 unspecified atom stereocenters. The van der Waals surface area contributed by atoms with Crippen LogP contribution in [0, 0.1) is 0 Å². The Kier molecular flexibility index (Phi) is 16.4. The molecule has 0 aliphatic heterocycles. The second-order valence-corrected chi connectivity index (χ2v) is 13.3. The Labute approximate surface area is 129 Å². The summed E-state index contributed by atoms with van der Waals surface area (Å²) in [7, 11) is -7.96. The minimum atomic E-state index is -2.65. The summed E-state index contributed by atoms with van der Waals surface area (Å²) >= 11 is 0. The van der Waals surface area contributed by atoms with E-state index in [9.17, 15) is 13.7 Å². The monoisotopic (exact) mass is 366 g/mol. The molecule has 0 amide bonds. The van der Waals surface area contributed by atoms with Gasteiger partial charge in [-0.3, -0.25) is 13.7 Å². The minimum Gasteiger partial charge on any atom is -0.344 e. The fourth-order valence-corrected chi connectivity index (χ4v) is 2.01. The summed E-state index contributed by atoms with van der Waals surface area (Å²) < 4.78 is 31.5. The Morgan fingerprint density at radius 3 is 0.571 bits per heavy atom. The van der Waals surface area contributed by atoms with Crippen LogP contribution in [0.15, 0.2) is 0 Å². The Balaban J connectivity index is -0.000000231. The maximum atomic E-state index is 10.5. The topological polar surface area (TPSA) is 112 Å². The van der Waals surface area contributed by atoms with Crippen molar-refractivity contribution in [2.45, 2.75) is 41.5 Å². The van der Waals surface area contributed by atoms with E-state index in [4.69, 9.17) is 14.7 Å². The molecule has 0 aromatic heterocycles. The Morgan fingerprint density at radius 1 is 0.476 bits per heavy atom. The van der Waals surface area contributed by atoms with Crippen molar-refractivity contribution in [1.82, 2.24) is 0 Å². The van der Waals surface area contributed by atoms with Crippen molar-refractivity contribution in [3.63, 3.8) is 0 Å². The van der Waals surface area contributed by atoms with Gasteiger partial charge in [0.1, 0.15) is 0 Å². The Hall–Kier alpha value is 0.570. The highest BCUT2D eigenvalue weighted by atomic mass is 31.2. The second kappa shape index (κ2) is 13.0. The average Bonchev–Trinajstić information content (AvgIpc) is 2.48. The smallest absolute Gasteiger partial charge is 0.200 e. The van der Waals surface area contributed by atoms with Crippen molar-refractivity contribution in [3.05, 3.63) is 0 Å². The molecule has 0 aromatic rings. The first-order chi connectivity index (χ1) is 9.36. The van der Waals surface area contributed by atoms with E-state index in [2.05, 4.69) is 0 Å². The lowest BCUT2D eigenvalue weighted by Crippen LogP contribution is -1.84. The van der Waals surface area contributed by atoms with Crippen molar-refractivity contribution in [3.8, 4) is 0 Å². The largest absolute Gasteiger partial charge is 0.344 e. The summed E-state index contributed by atoms with van der Waals surface area (Å²) in [6, 6.07) is 0. The third-order valence-electron chi connectivity index (χ3n) is 2.96. The molecular formula is C12H33O6P3. The first-order valence-corrected chi connectivity index (χ1v) is 13.4. The first kappa shape index (κ1) is 26.5. The Morgan fingerprint density at radius 2 is 0.571 bits per heavy atom. The van der Waals surface area contributed by atoms with Gasteiger partial charge in [-0.15, -0.1) is 0 Å². The molecule has 0 spiro atoms. The molecule has 0 saturated carbocycles. The molecular weight excluding hydrogens is 333 g/mol. The van der Waals surface area contributed by atoms with Gasteiger partial charge in [-0.1, -0.05) is 41.5 Å². The molecule has 0 aliphatic carbocycles. The van der Waals surface area contributed by atoms with Crippen LogP contribution in [0.25, 0.3) is 0 Å². The molecule has 0 atom stereocenters. The summed E-state index contributed by atoms with van der Waals surface area (Å²) in [5.41, 5.74) is 0. The van der Waals surface area contributed by atoms with Crippen LogP contribution < -0.4 is 0 Å². The van der Waals surface area contributed by atoms with E-state index in [1.54, 1.807) is 41.5 Å². The predicted molar refractivity (Wildman–Crippen MR) is 92.7 cm³/mol. The molecule has 3 N–H and O–H groups in total. The summed E-state index contributed by atoms with van der Waals surface area (Å²) in [5.74, 6) is 0. The summed E-state index contributed by atoms with van der Waals surface area (Å²) in [6.07, 6.45) is 2.44. The highest BCUT2D eigenvalue weighted by Crippen LogP contribution is 2.39. The molecule has 0 rings (SSSR count). The van der Waals surface area contributed by atoms with Crippen LogP contribution in [0.4, 0.5) is 0 Å². The van der Waals surface area contributed by atoms with Gasteiger partial charge in [0.25, 0.3) is 0 Å². The number of hydrogen-bond acceptors (Lipinski definition) is 3. The third-order valence-corrected chi connectivity index (χ3v) is 8.89. The summed E-state index contributed by atoms with van der Waals surface area (Å²) in [4.78, 5) is 26.1. The van der Waals surface area contributed by atoms with E-state index in [0.717, 1.165) is 0 Å². The molecule has 0 fully saturated rings. The zero-order chi connectivity index (χ0) is 17.7. The normalized spacial score (nSPS) is 11.9. The van der Waals surface area contributed by atoms with E-state index >= 15 is 0 Å². The van der Waals surface area contributed by atoms with Crippen molar-refractivity contribution >= 4 is 22.1 Å². The lowest BCUT2D eigenvalue weighted by Gasteiger charge is -2.01. The fourth-order valence-electron chi connectivity index (χ4n) is 0.671. The maximum Gasteiger partial charge on any atom is 0.200 e. The minimum absolute atomic E-state index is 0.406. The highest BCUT2D eigenvalue weighted by molar-refractivity contribution is 7.58. The van der Waals surface area contributed by atoms with Crippen molar-refractivity contribution in [2.75, 3.05) is 37.0 Å². The van der Waals surface area contributed by atoms with E-state index in [1.807, 2.05) is 0 Å². The summed E-state index contributed by atoms with van der Waals surface area (Å²) in [5, 5.41) is 0. The quantitative estimate of drug-likeness (QED) is 0.615. The van der Waals surface area contributed by atoms with Gasteiger partial charge in [0.2, 0.25) is 0 Å². The van der Waals surface area contributed by atoms with Gasteiger partial charge in [-0.25, -0.2) is 0 Å². The maximum absolute atomic E-state index is 10.5. The summed E-state index contributed by atoms with van der Waals surface area (Å²) in [6.45, 7) is 10.4. The van der Waals surface area contributed by atoms with E-state index in [0.29, 0.717) is 37.0 Å². The molecule has 21 heavy (non-hydrogen) atoms. The number of hydrogen-bond donors (Lipinski definition) is 3. The molecule has 0 saturated heterocycles. The predicted octanol–water partition coefficient (Wildman–Crippen LogP) is 3.89. The molecule has 0 radical (unpaired) electrons. The lowest BCUT2D eigenvalue weighted by molar-refractivity contribution is 0.479. The number of rotatable bonds is 6. The zero-order valence-electron chi connectivity index (χ0n) is 14.2. The van der Waals surface area contributed by atoms with Crippen LogP contribution in [0.1, 0.15) is 41.5 Å². The van der Waals surface area contributed by atoms with Crippen LogP contribution in [-0.2, 0) is 13.7 Å². The standard InChI is InChI=1S/3C4H11O2P/c3*1-3-7(5,6)4-2/h3*3-4H2,1-2H3,(H,5,6). The zero-order valence-corrected chi connectivity index (χ0v) is 16.8. The average molecular weight is 366 g/mol. The van der Waals surface area contributed by atoms with Crippen LogP contribution in [0.5, 0.6) is 0 Å². The van der Waals surface area contributed by atoms with Crippen molar-refractivity contribution in [2.24, 2.45) is 0 Å². The van der Waals surface area contributed by atoms with Gasteiger partial charge in [-0.2, -0.15) is 0 Å². The van der Waals surface area contributed by atoms with Gasteiger partial charge in [-0.05, 0) is 0 Å². The van der Waals surface area contributed by atoms with Gasteiger partial charge >= 0.3 is 0 Å². The second-order valence-electron chi connectivity index (χ2n) is 4.44. The van der Waals surface area contributed by atoms with Crippen LogP contribution >= 0.6 is 22.1 Å². The van der Waals surface area contributed by atoms with Gasteiger partial charge in [0.15, 0.2) is 22.1 Å². The molecule has 0 heterocycles. The fraction of sp³-hybridized carbons (Fsp3) is 1.00. The molecule has 6 nitrogen and oxygen atoms in total.